The van der Waals surface area contributed by atoms with E-state index >= 15 is 0 Å². The van der Waals surface area contributed by atoms with Crippen molar-refractivity contribution < 1.29 is 14.1 Å². The Hall–Kier alpha value is -1.23. The highest BCUT2D eigenvalue weighted by Gasteiger charge is 2.34. The average Bonchev–Trinajstić information content (AvgIpc) is 2.85. The summed E-state index contributed by atoms with van der Waals surface area (Å²) in [6.45, 7) is 6.28. The first kappa shape index (κ1) is 12.2. The summed E-state index contributed by atoms with van der Waals surface area (Å²) in [7, 11) is 0. The first-order valence-corrected chi connectivity index (χ1v) is 6.05. The Morgan fingerprint density at radius 2 is 2.29 bits per heavy atom. The lowest BCUT2D eigenvalue weighted by molar-refractivity contribution is -0.119. The van der Waals surface area contributed by atoms with Crippen molar-refractivity contribution in [2.24, 2.45) is 0 Å². The van der Waals surface area contributed by atoms with Crippen LogP contribution >= 0.6 is 0 Å². The second-order valence-corrected chi connectivity index (χ2v) is 4.81. The Morgan fingerprint density at radius 1 is 1.53 bits per heavy atom. The van der Waals surface area contributed by atoms with Gasteiger partial charge in [0, 0.05) is 13.0 Å². The van der Waals surface area contributed by atoms with Crippen molar-refractivity contribution in [2.45, 2.75) is 51.6 Å². The summed E-state index contributed by atoms with van der Waals surface area (Å²) >= 11 is 0. The SMILES string of the molecule is CCOC(C)(C)c1noc(C2CCCC2=O)n1. The van der Waals surface area contributed by atoms with E-state index in [0.717, 1.165) is 12.8 Å². The normalized spacial score (nSPS) is 21.1. The number of hydrogen-bond donors (Lipinski definition) is 0. The summed E-state index contributed by atoms with van der Waals surface area (Å²) in [5, 5.41) is 3.92. The third-order valence-electron chi connectivity index (χ3n) is 3.09. The van der Waals surface area contributed by atoms with Gasteiger partial charge in [0.25, 0.3) is 0 Å². The maximum atomic E-state index is 11.6. The molecule has 0 bridgehead atoms. The quantitative estimate of drug-likeness (QED) is 0.804. The Bertz CT molecular complexity index is 412. The second kappa shape index (κ2) is 4.56. The van der Waals surface area contributed by atoms with Crippen molar-refractivity contribution in [1.29, 1.82) is 0 Å². The molecule has 1 aromatic rings. The van der Waals surface area contributed by atoms with Crippen LogP contribution < -0.4 is 0 Å². The van der Waals surface area contributed by atoms with Gasteiger partial charge in [-0.3, -0.25) is 4.79 Å². The zero-order chi connectivity index (χ0) is 12.5. The molecule has 1 fully saturated rings. The van der Waals surface area contributed by atoms with Gasteiger partial charge in [-0.2, -0.15) is 4.98 Å². The van der Waals surface area contributed by atoms with Crippen molar-refractivity contribution in [2.75, 3.05) is 6.61 Å². The molecule has 94 valence electrons. The van der Waals surface area contributed by atoms with E-state index in [2.05, 4.69) is 10.1 Å². The highest BCUT2D eigenvalue weighted by atomic mass is 16.5. The van der Waals surface area contributed by atoms with E-state index in [0.29, 0.717) is 24.7 Å². The van der Waals surface area contributed by atoms with E-state index in [-0.39, 0.29) is 11.7 Å². The molecular weight excluding hydrogens is 220 g/mol. The molecule has 5 nitrogen and oxygen atoms in total. The number of Topliss-reactive ketones (excluding diaryl/α,β-unsaturated/α-hetero) is 1. The van der Waals surface area contributed by atoms with Gasteiger partial charge in [0.05, 0.1) is 5.92 Å². The molecule has 0 N–H and O–H groups in total. The van der Waals surface area contributed by atoms with Crippen molar-refractivity contribution in [3.63, 3.8) is 0 Å². The largest absolute Gasteiger partial charge is 0.368 e. The zero-order valence-corrected chi connectivity index (χ0v) is 10.5. The second-order valence-electron chi connectivity index (χ2n) is 4.81. The van der Waals surface area contributed by atoms with Gasteiger partial charge in [-0.15, -0.1) is 0 Å². The smallest absolute Gasteiger partial charge is 0.237 e. The number of aromatic nitrogens is 2. The summed E-state index contributed by atoms with van der Waals surface area (Å²) < 4.78 is 10.7. The van der Waals surface area contributed by atoms with E-state index in [1.165, 1.54) is 0 Å². The fraction of sp³-hybridized carbons (Fsp3) is 0.750. The predicted octanol–water partition coefficient (Wildman–Crippen LogP) is 2.18. The molecule has 1 aliphatic carbocycles. The van der Waals surface area contributed by atoms with Crippen molar-refractivity contribution in [3.05, 3.63) is 11.7 Å². The van der Waals surface area contributed by atoms with Crippen LogP contribution in [0.5, 0.6) is 0 Å². The molecule has 0 spiro atoms. The third-order valence-corrected chi connectivity index (χ3v) is 3.09. The summed E-state index contributed by atoms with van der Waals surface area (Å²) in [6.07, 6.45) is 2.35. The van der Waals surface area contributed by atoms with Crippen LogP contribution in [0.3, 0.4) is 0 Å². The molecule has 1 saturated carbocycles. The molecule has 17 heavy (non-hydrogen) atoms. The maximum absolute atomic E-state index is 11.6. The Labute approximate surface area is 101 Å². The summed E-state index contributed by atoms with van der Waals surface area (Å²) in [4.78, 5) is 15.9. The molecule has 0 amide bonds. The number of carbonyl (C=O) groups excluding carboxylic acids is 1. The molecule has 0 aromatic carbocycles. The molecule has 1 unspecified atom stereocenters. The van der Waals surface area contributed by atoms with Crippen LogP contribution in [0, 0.1) is 0 Å². The van der Waals surface area contributed by atoms with Gasteiger partial charge < -0.3 is 9.26 Å². The minimum Gasteiger partial charge on any atom is -0.368 e. The number of carbonyl (C=O) groups is 1. The Kier molecular flexibility index (Phi) is 3.28. The molecule has 0 aliphatic heterocycles. The number of rotatable bonds is 4. The van der Waals surface area contributed by atoms with Crippen LogP contribution in [-0.2, 0) is 15.1 Å². The van der Waals surface area contributed by atoms with Gasteiger partial charge >= 0.3 is 0 Å². The number of hydrogen-bond acceptors (Lipinski definition) is 5. The lowest BCUT2D eigenvalue weighted by atomic mass is 10.1. The molecule has 1 atom stereocenters. The van der Waals surface area contributed by atoms with Gasteiger partial charge in [-0.25, -0.2) is 0 Å². The highest BCUT2D eigenvalue weighted by molar-refractivity contribution is 5.86. The van der Waals surface area contributed by atoms with Crippen LogP contribution in [-0.4, -0.2) is 22.5 Å². The minimum absolute atomic E-state index is 0.200. The molecule has 1 heterocycles. The molecule has 2 rings (SSSR count). The summed E-state index contributed by atoms with van der Waals surface area (Å²) in [5.41, 5.74) is -0.571. The van der Waals surface area contributed by atoms with Gasteiger partial charge in [-0.1, -0.05) is 5.16 Å². The van der Waals surface area contributed by atoms with Crippen molar-refractivity contribution >= 4 is 5.78 Å². The maximum Gasteiger partial charge on any atom is 0.237 e. The number of ether oxygens (including phenoxy) is 1. The first-order valence-electron chi connectivity index (χ1n) is 6.05. The number of nitrogens with zero attached hydrogens (tertiary/aromatic N) is 2. The fourth-order valence-corrected chi connectivity index (χ4v) is 2.12. The molecule has 0 saturated heterocycles. The minimum atomic E-state index is -0.571. The van der Waals surface area contributed by atoms with E-state index in [4.69, 9.17) is 9.26 Å². The van der Waals surface area contributed by atoms with E-state index < -0.39 is 5.60 Å². The van der Waals surface area contributed by atoms with Crippen LogP contribution in [0.25, 0.3) is 0 Å². The van der Waals surface area contributed by atoms with Crippen LogP contribution in [0.2, 0.25) is 0 Å². The third kappa shape index (κ3) is 2.39. The monoisotopic (exact) mass is 238 g/mol. The lowest BCUT2D eigenvalue weighted by Gasteiger charge is -2.19. The molecule has 1 aromatic heterocycles. The molecule has 5 heteroatoms. The van der Waals surface area contributed by atoms with Crippen LogP contribution in [0.4, 0.5) is 0 Å². The Morgan fingerprint density at radius 3 is 2.88 bits per heavy atom. The van der Waals surface area contributed by atoms with Crippen molar-refractivity contribution in [1.82, 2.24) is 10.1 Å². The van der Waals surface area contributed by atoms with Gasteiger partial charge in [0.2, 0.25) is 11.7 Å². The molecule has 0 radical (unpaired) electrons. The van der Waals surface area contributed by atoms with E-state index in [9.17, 15) is 4.79 Å². The van der Waals surface area contributed by atoms with Gasteiger partial charge in [0.1, 0.15) is 11.4 Å². The van der Waals surface area contributed by atoms with E-state index in [1.807, 2.05) is 20.8 Å². The average molecular weight is 238 g/mol. The van der Waals surface area contributed by atoms with Crippen LogP contribution in [0.1, 0.15) is 57.7 Å². The number of ketones is 1. The summed E-state index contributed by atoms with van der Waals surface area (Å²) in [5.74, 6) is 0.951. The zero-order valence-electron chi connectivity index (χ0n) is 10.5. The van der Waals surface area contributed by atoms with E-state index in [1.54, 1.807) is 0 Å². The standard InChI is InChI=1S/C12H18N2O3/c1-4-16-12(2,3)11-13-10(17-14-11)8-6-5-7-9(8)15/h8H,4-7H2,1-3H3. The lowest BCUT2D eigenvalue weighted by Crippen LogP contribution is -2.23. The van der Waals surface area contributed by atoms with Gasteiger partial charge in [0.15, 0.2) is 0 Å². The predicted molar refractivity (Wildman–Crippen MR) is 60.5 cm³/mol. The van der Waals surface area contributed by atoms with Crippen LogP contribution in [0.15, 0.2) is 4.52 Å². The summed E-state index contributed by atoms with van der Waals surface area (Å²) in [6, 6.07) is 0. The van der Waals surface area contributed by atoms with Crippen molar-refractivity contribution in [3.8, 4) is 0 Å². The van der Waals surface area contributed by atoms with Gasteiger partial charge in [-0.05, 0) is 33.6 Å². The fourth-order valence-electron chi connectivity index (χ4n) is 2.12. The highest BCUT2D eigenvalue weighted by Crippen LogP contribution is 2.31. The topological polar surface area (TPSA) is 65.2 Å². The first-order chi connectivity index (χ1) is 8.04. The molecule has 1 aliphatic rings. The Balaban J connectivity index is 2.18. The molecular formula is C12H18N2O3.